The van der Waals surface area contributed by atoms with E-state index in [-0.39, 0.29) is 11.6 Å². The Kier molecular flexibility index (Phi) is 5.30. The summed E-state index contributed by atoms with van der Waals surface area (Å²) in [6, 6.07) is 13.5. The number of anilines is 2. The average Bonchev–Trinajstić information content (AvgIpc) is 3.09. The highest BCUT2D eigenvalue weighted by atomic mass is 19.1. The van der Waals surface area contributed by atoms with E-state index < -0.39 is 11.7 Å². The molecule has 0 saturated heterocycles. The summed E-state index contributed by atoms with van der Waals surface area (Å²) in [5.41, 5.74) is 2.31. The van der Waals surface area contributed by atoms with E-state index in [9.17, 15) is 14.0 Å². The van der Waals surface area contributed by atoms with Gasteiger partial charge in [0.25, 0.3) is 5.91 Å². The lowest BCUT2D eigenvalue weighted by molar-refractivity contribution is -0.114. The van der Waals surface area contributed by atoms with Gasteiger partial charge in [-0.15, -0.1) is 0 Å². The summed E-state index contributed by atoms with van der Waals surface area (Å²) in [5.74, 6) is -1.34. The van der Waals surface area contributed by atoms with E-state index in [4.69, 9.17) is 0 Å². The number of benzene rings is 2. The number of para-hydroxylation sites is 1. The number of hydrogen-bond acceptors (Lipinski definition) is 3. The van der Waals surface area contributed by atoms with Gasteiger partial charge in [0, 0.05) is 12.6 Å². The molecule has 3 rings (SSSR count). The molecule has 2 amide bonds. The van der Waals surface area contributed by atoms with Crippen LogP contribution in [0.3, 0.4) is 0 Å². The molecule has 0 fully saturated rings. The zero-order valence-corrected chi connectivity index (χ0v) is 15.0. The number of rotatable bonds is 5. The summed E-state index contributed by atoms with van der Waals surface area (Å²) in [5, 5.41) is 9.43. The van der Waals surface area contributed by atoms with Crippen LogP contribution in [-0.2, 0) is 11.2 Å². The Balaban J connectivity index is 1.89. The topological polar surface area (TPSA) is 76.0 Å². The van der Waals surface area contributed by atoms with Crippen LogP contribution in [0.25, 0.3) is 5.69 Å². The monoisotopic (exact) mass is 366 g/mol. The van der Waals surface area contributed by atoms with Crippen molar-refractivity contribution in [1.82, 2.24) is 9.78 Å². The van der Waals surface area contributed by atoms with Gasteiger partial charge >= 0.3 is 0 Å². The molecule has 6 nitrogen and oxygen atoms in total. The molecule has 1 heterocycles. The molecule has 138 valence electrons. The number of nitrogens with zero attached hydrogens (tertiary/aromatic N) is 2. The lowest BCUT2D eigenvalue weighted by Gasteiger charge is -2.10. The smallest absolute Gasteiger partial charge is 0.259 e. The molecule has 0 aliphatic carbocycles. The van der Waals surface area contributed by atoms with Gasteiger partial charge in [0.05, 0.1) is 28.8 Å². The van der Waals surface area contributed by atoms with Crippen LogP contribution in [0.4, 0.5) is 15.8 Å². The van der Waals surface area contributed by atoms with Crippen LogP contribution < -0.4 is 10.6 Å². The minimum absolute atomic E-state index is 0.0132. The predicted octanol–water partition coefficient (Wildman–Crippen LogP) is 3.78. The molecular weight excluding hydrogens is 347 g/mol. The Labute approximate surface area is 156 Å². The van der Waals surface area contributed by atoms with Crippen LogP contribution >= 0.6 is 0 Å². The second-order valence-corrected chi connectivity index (χ2v) is 5.94. The van der Waals surface area contributed by atoms with Crippen molar-refractivity contribution < 1.29 is 14.0 Å². The first-order valence-electron chi connectivity index (χ1n) is 8.50. The van der Waals surface area contributed by atoms with Crippen molar-refractivity contribution in [2.45, 2.75) is 20.3 Å². The summed E-state index contributed by atoms with van der Waals surface area (Å²) in [7, 11) is 0. The van der Waals surface area contributed by atoms with E-state index in [0.29, 0.717) is 17.7 Å². The normalized spacial score (nSPS) is 10.5. The molecule has 0 bridgehead atoms. The highest BCUT2D eigenvalue weighted by Crippen LogP contribution is 2.22. The maximum atomic E-state index is 14.1. The van der Waals surface area contributed by atoms with E-state index in [1.54, 1.807) is 4.68 Å². The van der Waals surface area contributed by atoms with Crippen LogP contribution in [0.15, 0.2) is 54.7 Å². The molecule has 0 spiro atoms. The van der Waals surface area contributed by atoms with Crippen LogP contribution in [0.2, 0.25) is 0 Å². The minimum Gasteiger partial charge on any atom is -0.326 e. The molecule has 27 heavy (non-hydrogen) atoms. The first kappa shape index (κ1) is 18.3. The molecule has 0 atom stereocenters. The van der Waals surface area contributed by atoms with Crippen molar-refractivity contribution in [2.24, 2.45) is 0 Å². The van der Waals surface area contributed by atoms with Crippen LogP contribution in [0, 0.1) is 5.82 Å². The fraction of sp³-hybridized carbons (Fsp3) is 0.150. The van der Waals surface area contributed by atoms with Gasteiger partial charge in [0.1, 0.15) is 5.82 Å². The molecule has 3 aromatic rings. The SMILES string of the molecule is CCc1c(C(=O)Nc2cc(NC(C)=O)ccc2F)cnn1-c1ccccc1. The van der Waals surface area contributed by atoms with Crippen molar-refractivity contribution in [3.63, 3.8) is 0 Å². The first-order valence-corrected chi connectivity index (χ1v) is 8.50. The number of amides is 2. The number of halogens is 1. The van der Waals surface area contributed by atoms with Gasteiger partial charge in [-0.25, -0.2) is 9.07 Å². The van der Waals surface area contributed by atoms with Crippen molar-refractivity contribution >= 4 is 23.2 Å². The molecule has 7 heteroatoms. The van der Waals surface area contributed by atoms with Gasteiger partial charge in [0.2, 0.25) is 5.91 Å². The van der Waals surface area contributed by atoms with E-state index in [1.165, 1.54) is 31.3 Å². The summed E-state index contributed by atoms with van der Waals surface area (Å²) in [6.45, 7) is 3.28. The number of carbonyl (C=O) groups excluding carboxylic acids is 2. The number of hydrogen-bond donors (Lipinski definition) is 2. The molecule has 0 aliphatic rings. The molecule has 0 unspecified atom stereocenters. The maximum absolute atomic E-state index is 14.1. The Morgan fingerprint density at radius 2 is 1.85 bits per heavy atom. The van der Waals surface area contributed by atoms with Crippen molar-refractivity contribution in [2.75, 3.05) is 10.6 Å². The molecule has 0 radical (unpaired) electrons. The summed E-state index contributed by atoms with van der Waals surface area (Å²) in [4.78, 5) is 23.9. The third-order valence-corrected chi connectivity index (χ3v) is 3.98. The standard InChI is InChI=1S/C20H19FN4O2/c1-3-19-16(12-22-25(19)15-7-5-4-6-8-15)20(27)24-18-11-14(23-13(2)26)9-10-17(18)21/h4-12H,3H2,1-2H3,(H,23,26)(H,24,27). The lowest BCUT2D eigenvalue weighted by Crippen LogP contribution is -2.15. The Morgan fingerprint density at radius 1 is 1.11 bits per heavy atom. The van der Waals surface area contributed by atoms with Gasteiger partial charge in [-0.05, 0) is 36.8 Å². The largest absolute Gasteiger partial charge is 0.326 e. The highest BCUT2D eigenvalue weighted by Gasteiger charge is 2.18. The van der Waals surface area contributed by atoms with E-state index in [1.807, 2.05) is 37.3 Å². The molecule has 2 N–H and O–H groups in total. The van der Waals surface area contributed by atoms with Gasteiger partial charge in [-0.1, -0.05) is 25.1 Å². The van der Waals surface area contributed by atoms with Gasteiger partial charge in [-0.3, -0.25) is 9.59 Å². The van der Waals surface area contributed by atoms with Crippen molar-refractivity contribution in [3.8, 4) is 5.69 Å². The Bertz CT molecular complexity index is 983. The fourth-order valence-corrected chi connectivity index (χ4v) is 2.79. The second kappa shape index (κ2) is 7.82. The highest BCUT2D eigenvalue weighted by molar-refractivity contribution is 6.05. The number of aromatic nitrogens is 2. The quantitative estimate of drug-likeness (QED) is 0.721. The molecule has 0 saturated carbocycles. The van der Waals surface area contributed by atoms with Gasteiger partial charge in [-0.2, -0.15) is 5.10 Å². The average molecular weight is 366 g/mol. The van der Waals surface area contributed by atoms with Gasteiger partial charge < -0.3 is 10.6 Å². The lowest BCUT2D eigenvalue weighted by atomic mass is 10.1. The third kappa shape index (κ3) is 4.03. The number of nitrogens with one attached hydrogen (secondary N) is 2. The molecule has 0 aliphatic heterocycles. The minimum atomic E-state index is -0.592. The second-order valence-electron chi connectivity index (χ2n) is 5.94. The molecule has 1 aromatic heterocycles. The molecular formula is C20H19FN4O2. The third-order valence-electron chi connectivity index (χ3n) is 3.98. The zero-order valence-electron chi connectivity index (χ0n) is 15.0. The van der Waals surface area contributed by atoms with E-state index in [0.717, 1.165) is 11.4 Å². The Hall–Kier alpha value is -3.48. The Morgan fingerprint density at radius 3 is 2.52 bits per heavy atom. The summed E-state index contributed by atoms with van der Waals surface area (Å²) in [6.07, 6.45) is 2.04. The van der Waals surface area contributed by atoms with E-state index >= 15 is 0 Å². The van der Waals surface area contributed by atoms with Crippen LogP contribution in [-0.4, -0.2) is 21.6 Å². The van der Waals surface area contributed by atoms with Crippen molar-refractivity contribution in [1.29, 1.82) is 0 Å². The predicted molar refractivity (Wildman–Crippen MR) is 102 cm³/mol. The van der Waals surface area contributed by atoms with Crippen LogP contribution in [0.1, 0.15) is 29.9 Å². The first-order chi connectivity index (χ1) is 13.0. The summed E-state index contributed by atoms with van der Waals surface area (Å²) >= 11 is 0. The van der Waals surface area contributed by atoms with Gasteiger partial charge in [0.15, 0.2) is 0 Å². The van der Waals surface area contributed by atoms with Crippen LogP contribution in [0.5, 0.6) is 0 Å². The fourth-order valence-electron chi connectivity index (χ4n) is 2.79. The van der Waals surface area contributed by atoms with Crippen molar-refractivity contribution in [3.05, 3.63) is 71.8 Å². The molecule has 2 aromatic carbocycles. The number of carbonyl (C=O) groups is 2. The summed E-state index contributed by atoms with van der Waals surface area (Å²) < 4.78 is 15.8. The van der Waals surface area contributed by atoms with E-state index in [2.05, 4.69) is 15.7 Å². The maximum Gasteiger partial charge on any atom is 0.259 e. The zero-order chi connectivity index (χ0) is 19.4.